The first-order valence-corrected chi connectivity index (χ1v) is 8.15. The van der Waals surface area contributed by atoms with Crippen LogP contribution < -0.4 is 0 Å². The minimum Gasteiger partial charge on any atom is -0.346 e. The normalized spacial score (nSPS) is 15.5. The van der Waals surface area contributed by atoms with Crippen molar-refractivity contribution in [2.75, 3.05) is 13.1 Å². The molecule has 6 nitrogen and oxygen atoms in total. The molecular formula is C18H21N3O3. The van der Waals surface area contributed by atoms with Crippen LogP contribution in [0.4, 0.5) is 5.69 Å². The average Bonchev–Trinajstić information content (AvgIpc) is 2.93. The molecule has 1 aliphatic rings. The Morgan fingerprint density at radius 2 is 1.75 bits per heavy atom. The van der Waals surface area contributed by atoms with Crippen LogP contribution in [0.15, 0.2) is 36.4 Å². The van der Waals surface area contributed by atoms with E-state index in [1.54, 1.807) is 17.0 Å². The highest BCUT2D eigenvalue weighted by Crippen LogP contribution is 2.27. The summed E-state index contributed by atoms with van der Waals surface area (Å²) in [6.45, 7) is 5.55. The number of hydrogen-bond acceptors (Lipinski definition) is 3. The Morgan fingerprint density at radius 1 is 1.12 bits per heavy atom. The molecule has 0 aliphatic carbocycles. The van der Waals surface area contributed by atoms with Gasteiger partial charge < -0.3 is 9.47 Å². The molecule has 0 unspecified atom stereocenters. The summed E-state index contributed by atoms with van der Waals surface area (Å²) in [4.78, 5) is 24.8. The topological polar surface area (TPSA) is 68.4 Å². The lowest BCUT2D eigenvalue weighted by Crippen LogP contribution is -2.39. The minimum absolute atomic E-state index is 0.0469. The maximum atomic E-state index is 12.6. The predicted molar refractivity (Wildman–Crippen MR) is 91.2 cm³/mol. The van der Waals surface area contributed by atoms with Gasteiger partial charge in [-0.25, -0.2) is 0 Å². The Labute approximate surface area is 140 Å². The summed E-state index contributed by atoms with van der Waals surface area (Å²) in [6.07, 6.45) is 1.80. The van der Waals surface area contributed by atoms with Crippen LogP contribution in [0.3, 0.4) is 0 Å². The Hall–Kier alpha value is -2.63. The van der Waals surface area contributed by atoms with Gasteiger partial charge in [0.25, 0.3) is 11.6 Å². The van der Waals surface area contributed by atoms with Gasteiger partial charge in [0.15, 0.2) is 0 Å². The van der Waals surface area contributed by atoms with Gasteiger partial charge >= 0.3 is 0 Å². The van der Waals surface area contributed by atoms with E-state index in [4.69, 9.17) is 0 Å². The Morgan fingerprint density at radius 3 is 2.33 bits per heavy atom. The van der Waals surface area contributed by atoms with Crippen molar-refractivity contribution < 1.29 is 9.72 Å². The summed E-state index contributed by atoms with van der Waals surface area (Å²) >= 11 is 0. The Bertz CT molecular complexity index is 754. The summed E-state index contributed by atoms with van der Waals surface area (Å²) in [5, 5.41) is 10.9. The van der Waals surface area contributed by atoms with Gasteiger partial charge in [-0.1, -0.05) is 6.07 Å². The summed E-state index contributed by atoms with van der Waals surface area (Å²) in [7, 11) is 0. The molecule has 126 valence electrons. The van der Waals surface area contributed by atoms with Crippen LogP contribution in [-0.2, 0) is 0 Å². The number of nitro groups is 1. The van der Waals surface area contributed by atoms with Crippen molar-refractivity contribution in [3.05, 3.63) is 63.5 Å². The van der Waals surface area contributed by atoms with Gasteiger partial charge in [0.1, 0.15) is 0 Å². The van der Waals surface area contributed by atoms with Gasteiger partial charge in [-0.2, -0.15) is 0 Å². The van der Waals surface area contributed by atoms with Gasteiger partial charge in [0, 0.05) is 48.2 Å². The first kappa shape index (κ1) is 16.2. The highest BCUT2D eigenvalue weighted by Gasteiger charge is 2.26. The fourth-order valence-electron chi connectivity index (χ4n) is 3.52. The molecule has 24 heavy (non-hydrogen) atoms. The van der Waals surface area contributed by atoms with E-state index >= 15 is 0 Å². The monoisotopic (exact) mass is 327 g/mol. The molecule has 1 aromatic carbocycles. The third-order valence-corrected chi connectivity index (χ3v) is 4.75. The molecule has 2 aromatic rings. The molecule has 1 aromatic heterocycles. The second-order valence-electron chi connectivity index (χ2n) is 6.32. The molecule has 0 atom stereocenters. The van der Waals surface area contributed by atoms with Gasteiger partial charge in [0.2, 0.25) is 0 Å². The lowest BCUT2D eigenvalue weighted by molar-refractivity contribution is -0.384. The first-order chi connectivity index (χ1) is 11.5. The second-order valence-corrected chi connectivity index (χ2v) is 6.32. The van der Waals surface area contributed by atoms with E-state index in [9.17, 15) is 14.9 Å². The molecule has 2 heterocycles. The standard InChI is InChI=1S/C18H21N3O3/c1-13-6-7-14(2)20(13)16-8-10-19(11-9-16)18(22)15-4-3-5-17(12-15)21(23)24/h3-7,12,16H,8-11H2,1-2H3. The first-order valence-electron chi connectivity index (χ1n) is 8.15. The number of carbonyl (C=O) groups excluding carboxylic acids is 1. The Kier molecular flexibility index (Phi) is 4.38. The van der Waals surface area contributed by atoms with Crippen molar-refractivity contribution in [1.29, 1.82) is 0 Å². The van der Waals surface area contributed by atoms with Gasteiger partial charge in [-0.15, -0.1) is 0 Å². The molecule has 6 heteroatoms. The second kappa shape index (κ2) is 6.47. The molecule has 0 saturated carbocycles. The van der Waals surface area contributed by atoms with Crippen LogP contribution in [0.1, 0.15) is 40.6 Å². The molecule has 1 amide bonds. The van der Waals surface area contributed by atoms with Crippen molar-refractivity contribution in [3.8, 4) is 0 Å². The van der Waals surface area contributed by atoms with Crippen LogP contribution in [0.5, 0.6) is 0 Å². The number of amides is 1. The number of nitro benzene ring substituents is 1. The van der Waals surface area contributed by atoms with Crippen molar-refractivity contribution in [1.82, 2.24) is 9.47 Å². The van der Waals surface area contributed by atoms with Crippen LogP contribution in [0.25, 0.3) is 0 Å². The lowest BCUT2D eigenvalue weighted by atomic mass is 10.0. The van der Waals surface area contributed by atoms with E-state index in [0.29, 0.717) is 24.7 Å². The van der Waals surface area contributed by atoms with Crippen molar-refractivity contribution in [2.24, 2.45) is 0 Å². The summed E-state index contributed by atoms with van der Waals surface area (Å²) in [5.41, 5.74) is 2.83. The Balaban J connectivity index is 1.69. The molecule has 0 spiro atoms. The molecule has 0 bridgehead atoms. The van der Waals surface area contributed by atoms with Gasteiger partial charge in [-0.05, 0) is 44.9 Å². The van der Waals surface area contributed by atoms with E-state index in [0.717, 1.165) is 12.8 Å². The molecule has 1 aliphatic heterocycles. The number of hydrogen-bond donors (Lipinski definition) is 0. The molecule has 1 fully saturated rings. The van der Waals surface area contributed by atoms with Gasteiger partial charge in [-0.3, -0.25) is 14.9 Å². The third-order valence-electron chi connectivity index (χ3n) is 4.75. The number of benzene rings is 1. The highest BCUT2D eigenvalue weighted by molar-refractivity contribution is 5.94. The number of likely N-dealkylation sites (tertiary alicyclic amines) is 1. The predicted octanol–water partition coefficient (Wildman–Crippen LogP) is 3.49. The summed E-state index contributed by atoms with van der Waals surface area (Å²) < 4.78 is 2.34. The lowest BCUT2D eigenvalue weighted by Gasteiger charge is -2.34. The number of rotatable bonds is 3. The minimum atomic E-state index is -0.472. The SMILES string of the molecule is Cc1ccc(C)n1C1CCN(C(=O)c2cccc([N+](=O)[O-])c2)CC1. The zero-order valence-corrected chi connectivity index (χ0v) is 13.9. The fourth-order valence-corrected chi connectivity index (χ4v) is 3.52. The van der Waals surface area contributed by atoms with Crippen LogP contribution >= 0.6 is 0 Å². The molecule has 0 N–H and O–H groups in total. The maximum Gasteiger partial charge on any atom is 0.270 e. The van der Waals surface area contributed by atoms with E-state index in [1.165, 1.54) is 23.5 Å². The van der Waals surface area contributed by atoms with E-state index in [-0.39, 0.29) is 11.6 Å². The van der Waals surface area contributed by atoms with Crippen molar-refractivity contribution in [2.45, 2.75) is 32.7 Å². The van der Waals surface area contributed by atoms with Crippen molar-refractivity contribution >= 4 is 11.6 Å². The average molecular weight is 327 g/mol. The van der Waals surface area contributed by atoms with Crippen molar-refractivity contribution in [3.63, 3.8) is 0 Å². The number of piperidine rings is 1. The quantitative estimate of drug-likeness (QED) is 0.640. The number of aryl methyl sites for hydroxylation is 2. The number of non-ortho nitro benzene ring substituents is 1. The molecule has 1 saturated heterocycles. The highest BCUT2D eigenvalue weighted by atomic mass is 16.6. The van der Waals surface area contributed by atoms with E-state index < -0.39 is 4.92 Å². The molecule has 0 radical (unpaired) electrons. The third kappa shape index (κ3) is 3.04. The smallest absolute Gasteiger partial charge is 0.270 e. The number of carbonyl (C=O) groups is 1. The van der Waals surface area contributed by atoms with Gasteiger partial charge in [0.05, 0.1) is 4.92 Å². The number of aromatic nitrogens is 1. The molecule has 3 rings (SSSR count). The van der Waals surface area contributed by atoms with Crippen LogP contribution in [-0.4, -0.2) is 33.4 Å². The zero-order chi connectivity index (χ0) is 17.3. The van der Waals surface area contributed by atoms with E-state index in [1.807, 2.05) is 0 Å². The van der Waals surface area contributed by atoms with Crippen LogP contribution in [0.2, 0.25) is 0 Å². The maximum absolute atomic E-state index is 12.6. The summed E-state index contributed by atoms with van der Waals surface area (Å²) in [5.74, 6) is -0.127. The fraction of sp³-hybridized carbons (Fsp3) is 0.389. The molecular weight excluding hydrogens is 306 g/mol. The zero-order valence-electron chi connectivity index (χ0n) is 13.9. The van der Waals surface area contributed by atoms with E-state index in [2.05, 4.69) is 30.5 Å². The summed E-state index contributed by atoms with van der Waals surface area (Å²) in [6, 6.07) is 10.6. The number of nitrogens with zero attached hydrogens (tertiary/aromatic N) is 3. The van der Waals surface area contributed by atoms with Crippen LogP contribution in [0, 0.1) is 24.0 Å². The largest absolute Gasteiger partial charge is 0.346 e.